The van der Waals surface area contributed by atoms with E-state index in [1.54, 1.807) is 6.92 Å². The standard InChI is InChI=1S/C15H24N4O6S2.F2/c1-6-11-10(7(2)20)14(21)19(11)12(15(22)23)13(6)26-9-3-8(17-5-9)4-18-27(16,24)25;1-2/h6-11,17-18,20H,3-5H2,1-2H3,(H,22,23)(H2,16,24,25);/t6-,7-,8+,9+,10-,11?;/m1./s1. The summed E-state index contributed by atoms with van der Waals surface area (Å²) in [4.78, 5) is 26.1. The van der Waals surface area contributed by atoms with Gasteiger partial charge in [-0.15, -0.1) is 11.8 Å². The predicted octanol–water partition coefficient (Wildman–Crippen LogP) is -0.763. The summed E-state index contributed by atoms with van der Waals surface area (Å²) in [5.41, 5.74) is 0.00510. The van der Waals surface area contributed by atoms with Gasteiger partial charge >= 0.3 is 5.97 Å². The van der Waals surface area contributed by atoms with Crippen molar-refractivity contribution in [2.24, 2.45) is 17.0 Å². The molecule has 0 aromatic carbocycles. The molecule has 0 aromatic heterocycles. The van der Waals surface area contributed by atoms with E-state index in [2.05, 4.69) is 10.0 Å². The molecule has 0 saturated carbocycles. The maximum absolute atomic E-state index is 12.3. The lowest BCUT2D eigenvalue weighted by Gasteiger charge is -2.46. The topological polar surface area (TPSA) is 162 Å². The molecule has 6 N–H and O–H groups in total. The van der Waals surface area contributed by atoms with Gasteiger partial charge in [-0.3, -0.25) is 4.79 Å². The second-order valence-corrected chi connectivity index (χ2v) is 9.97. The van der Waals surface area contributed by atoms with Gasteiger partial charge in [0.25, 0.3) is 10.2 Å². The fourth-order valence-electron chi connectivity index (χ4n) is 4.10. The average Bonchev–Trinajstić information content (AvgIpc) is 3.16. The van der Waals surface area contributed by atoms with Crippen LogP contribution in [0.2, 0.25) is 0 Å². The summed E-state index contributed by atoms with van der Waals surface area (Å²) < 4.78 is 40.3. The maximum atomic E-state index is 12.3. The third-order valence-electron chi connectivity index (χ3n) is 5.32. The fraction of sp³-hybridized carbons (Fsp3) is 0.733. The van der Waals surface area contributed by atoms with Crippen LogP contribution in [0.3, 0.4) is 0 Å². The number of carboxylic acid groups (broad SMARTS) is 1. The summed E-state index contributed by atoms with van der Waals surface area (Å²) in [6.45, 7) is 4.17. The number of nitrogens with two attached hydrogens (primary N) is 1. The second-order valence-electron chi connectivity index (χ2n) is 7.25. The van der Waals surface area contributed by atoms with E-state index in [0.29, 0.717) is 17.9 Å². The molecule has 166 valence electrons. The number of hydrogen-bond acceptors (Lipinski definition) is 7. The van der Waals surface area contributed by atoms with Crippen LogP contribution in [-0.2, 0) is 19.8 Å². The number of rotatable bonds is 7. The van der Waals surface area contributed by atoms with E-state index >= 15 is 0 Å². The Balaban J connectivity index is 0.00000145. The molecular formula is C15H24F2N4O6S2. The third kappa shape index (κ3) is 4.88. The normalized spacial score (nSPS) is 32.4. The zero-order valence-electron chi connectivity index (χ0n) is 15.7. The molecule has 14 heteroatoms. The highest BCUT2D eigenvalue weighted by atomic mass is 32.2. The Morgan fingerprint density at radius 3 is 2.62 bits per heavy atom. The summed E-state index contributed by atoms with van der Waals surface area (Å²) in [7, 11) is -3.76. The molecule has 0 aliphatic carbocycles. The molecule has 2 fully saturated rings. The van der Waals surface area contributed by atoms with Crippen LogP contribution in [0.1, 0.15) is 20.3 Å². The molecular weight excluding hydrogens is 434 g/mol. The van der Waals surface area contributed by atoms with E-state index in [4.69, 9.17) is 14.3 Å². The number of nitrogens with one attached hydrogen (secondary N) is 2. The molecule has 29 heavy (non-hydrogen) atoms. The Morgan fingerprint density at radius 2 is 2.10 bits per heavy atom. The van der Waals surface area contributed by atoms with Gasteiger partial charge in [0.15, 0.2) is 0 Å². The Bertz CT molecular complexity index is 794. The molecule has 1 unspecified atom stereocenters. The molecule has 2 saturated heterocycles. The quantitative estimate of drug-likeness (QED) is 0.311. The van der Waals surface area contributed by atoms with Crippen molar-refractivity contribution in [2.75, 3.05) is 13.1 Å². The van der Waals surface area contributed by atoms with Crippen LogP contribution < -0.4 is 15.2 Å². The van der Waals surface area contributed by atoms with Gasteiger partial charge in [-0.25, -0.2) is 14.7 Å². The number of aliphatic hydroxyl groups excluding tert-OH is 1. The first kappa shape index (κ1) is 24.0. The highest BCUT2D eigenvalue weighted by Crippen LogP contribution is 2.51. The van der Waals surface area contributed by atoms with E-state index in [1.807, 2.05) is 6.92 Å². The molecule has 0 spiro atoms. The lowest BCUT2D eigenvalue weighted by molar-refractivity contribution is -0.163. The van der Waals surface area contributed by atoms with Crippen LogP contribution in [0.5, 0.6) is 0 Å². The number of thioether (sulfide) groups is 1. The molecule has 1 amide bonds. The van der Waals surface area contributed by atoms with Crippen molar-refractivity contribution < 1.29 is 37.4 Å². The first-order chi connectivity index (χ1) is 13.5. The van der Waals surface area contributed by atoms with Crippen molar-refractivity contribution in [3.8, 4) is 0 Å². The van der Waals surface area contributed by atoms with Crippen molar-refractivity contribution in [1.82, 2.24) is 14.9 Å². The molecule has 6 atom stereocenters. The van der Waals surface area contributed by atoms with Gasteiger partial charge in [0.1, 0.15) is 5.70 Å². The van der Waals surface area contributed by atoms with E-state index in [0.717, 1.165) is 0 Å². The lowest BCUT2D eigenvalue weighted by atomic mass is 9.79. The Labute approximate surface area is 170 Å². The minimum Gasteiger partial charge on any atom is -0.477 e. The number of halogens is 2. The summed E-state index contributed by atoms with van der Waals surface area (Å²) in [6, 6.07) is -0.435. The van der Waals surface area contributed by atoms with Gasteiger partial charge in [0.05, 0.1) is 18.1 Å². The van der Waals surface area contributed by atoms with Crippen molar-refractivity contribution in [2.45, 2.75) is 43.7 Å². The van der Waals surface area contributed by atoms with Gasteiger partial charge in [0.2, 0.25) is 5.91 Å². The summed E-state index contributed by atoms with van der Waals surface area (Å²) in [5, 5.41) is 27.7. The number of carbonyl (C=O) groups is 2. The number of hydrogen-bond donors (Lipinski definition) is 5. The zero-order chi connectivity index (χ0) is 22.1. The highest BCUT2D eigenvalue weighted by molar-refractivity contribution is 8.03. The van der Waals surface area contributed by atoms with Crippen LogP contribution in [0.15, 0.2) is 10.6 Å². The Hall–Kier alpha value is -1.32. The summed E-state index contributed by atoms with van der Waals surface area (Å²) >= 11 is 1.41. The Morgan fingerprint density at radius 1 is 1.48 bits per heavy atom. The fourth-order valence-corrected chi connectivity index (χ4v) is 6.05. The molecule has 10 nitrogen and oxygen atoms in total. The average molecular weight is 459 g/mol. The molecule has 0 bridgehead atoms. The SMILES string of the molecule is C[C@H]1C(S[C@@H]2CN[C@H](CNS(N)(=O)=O)C2)=C(C(=O)O)N2C(=O)[C@H]([C@@H](C)O)C12.FF. The van der Waals surface area contributed by atoms with Crippen LogP contribution in [0.25, 0.3) is 0 Å². The lowest BCUT2D eigenvalue weighted by Crippen LogP contribution is -2.63. The van der Waals surface area contributed by atoms with Crippen molar-refractivity contribution in [3.63, 3.8) is 0 Å². The van der Waals surface area contributed by atoms with Crippen LogP contribution in [0, 0.1) is 11.8 Å². The number of fused-ring (bicyclic) bond motifs is 1. The predicted molar refractivity (Wildman–Crippen MR) is 101 cm³/mol. The minimum absolute atomic E-state index is 0.00510. The highest BCUT2D eigenvalue weighted by Gasteiger charge is 2.60. The number of amides is 1. The Kier molecular flexibility index (Phi) is 7.62. The number of β-lactam (4-membered cyclic amide) rings is 1. The zero-order valence-corrected chi connectivity index (χ0v) is 17.3. The number of carboxylic acids is 1. The van der Waals surface area contributed by atoms with Gasteiger partial charge in [0, 0.05) is 44.4 Å². The van der Waals surface area contributed by atoms with E-state index < -0.39 is 28.2 Å². The molecule has 3 rings (SSSR count). The molecule has 3 aliphatic rings. The summed E-state index contributed by atoms with van der Waals surface area (Å²) in [6.07, 6.45) is -0.197. The number of aliphatic hydroxyl groups is 1. The van der Waals surface area contributed by atoms with E-state index in [-0.39, 0.29) is 41.4 Å². The summed E-state index contributed by atoms with van der Waals surface area (Å²) in [5.74, 6) is -2.27. The van der Waals surface area contributed by atoms with Crippen LogP contribution in [0.4, 0.5) is 9.15 Å². The first-order valence-electron chi connectivity index (χ1n) is 8.81. The molecule has 3 aliphatic heterocycles. The van der Waals surface area contributed by atoms with Crippen LogP contribution >= 0.6 is 11.8 Å². The number of aliphatic carboxylic acids is 1. The minimum atomic E-state index is -3.76. The van der Waals surface area contributed by atoms with Crippen LogP contribution in [-0.4, -0.2) is 71.9 Å². The van der Waals surface area contributed by atoms with E-state index in [9.17, 15) is 28.2 Å². The number of nitrogens with zero attached hydrogens (tertiary/aromatic N) is 1. The number of carbonyl (C=O) groups excluding carboxylic acids is 1. The van der Waals surface area contributed by atoms with Gasteiger partial charge < -0.3 is 20.4 Å². The van der Waals surface area contributed by atoms with Gasteiger partial charge in [-0.1, -0.05) is 6.92 Å². The largest absolute Gasteiger partial charge is 0.477 e. The van der Waals surface area contributed by atoms with Crippen molar-refractivity contribution in [1.29, 1.82) is 0 Å². The first-order valence-corrected chi connectivity index (χ1v) is 11.2. The second kappa shape index (κ2) is 9.22. The maximum Gasteiger partial charge on any atom is 0.353 e. The van der Waals surface area contributed by atoms with Gasteiger partial charge in [-0.2, -0.15) is 8.42 Å². The molecule has 3 heterocycles. The van der Waals surface area contributed by atoms with Crippen molar-refractivity contribution in [3.05, 3.63) is 10.6 Å². The smallest absolute Gasteiger partial charge is 0.353 e. The van der Waals surface area contributed by atoms with E-state index in [1.165, 1.54) is 16.7 Å². The molecule has 0 aromatic rings. The van der Waals surface area contributed by atoms with Gasteiger partial charge in [-0.05, 0) is 13.3 Å². The van der Waals surface area contributed by atoms with Crippen molar-refractivity contribution >= 4 is 33.8 Å². The monoisotopic (exact) mass is 458 g/mol. The molecule has 0 radical (unpaired) electrons. The third-order valence-corrected chi connectivity index (χ3v) is 7.40.